The number of hydrogen-bond acceptors (Lipinski definition) is 9. The van der Waals surface area contributed by atoms with Crippen LogP contribution in [0.1, 0.15) is 44.6 Å². The van der Waals surface area contributed by atoms with Gasteiger partial charge in [0, 0.05) is 31.3 Å². The lowest BCUT2D eigenvalue weighted by molar-refractivity contribution is -0.384. The van der Waals surface area contributed by atoms with Gasteiger partial charge in [-0.1, -0.05) is 17.7 Å². The molecule has 44 heavy (non-hydrogen) atoms. The van der Waals surface area contributed by atoms with Crippen molar-refractivity contribution in [1.29, 1.82) is 0 Å². The standard InChI is InChI=1S/C26H34N6O7S.C2H4O2/c1-18-7-13-21(14-8-18)40(38,39)28-17-24(33)31-16-4-6-23(31)26(35)30-22(5-2-3-15-27)25(34)29-19-9-11-20(12-10-19)32(36)37;1-2(3)4/h7-14,22-23,28H,2-6,15-17,27H2,1H3,(H,29,34)(H,30,35);1H3,(H,3,4)/t22-,23-;/m1./s1. The molecule has 0 aromatic heterocycles. The van der Waals surface area contributed by atoms with Gasteiger partial charge in [0.05, 0.1) is 16.4 Å². The van der Waals surface area contributed by atoms with Crippen molar-refractivity contribution in [1.82, 2.24) is 14.9 Å². The van der Waals surface area contributed by atoms with Crippen LogP contribution in [0.4, 0.5) is 11.4 Å². The van der Waals surface area contributed by atoms with E-state index in [1.807, 2.05) is 6.92 Å². The van der Waals surface area contributed by atoms with Gasteiger partial charge < -0.3 is 26.4 Å². The van der Waals surface area contributed by atoms with Gasteiger partial charge in [-0.3, -0.25) is 29.3 Å². The average Bonchev–Trinajstić information content (AvgIpc) is 3.46. The average molecular weight is 635 g/mol. The summed E-state index contributed by atoms with van der Waals surface area (Å²) >= 11 is 0. The summed E-state index contributed by atoms with van der Waals surface area (Å²) in [6.07, 6.45) is 2.39. The second-order valence-corrected chi connectivity index (χ2v) is 11.8. The minimum Gasteiger partial charge on any atom is -0.481 e. The van der Waals surface area contributed by atoms with E-state index in [1.165, 1.54) is 41.3 Å². The zero-order valence-corrected chi connectivity index (χ0v) is 25.3. The molecule has 0 aliphatic carbocycles. The number of likely N-dealkylation sites (tertiary alicyclic amines) is 1. The first-order valence-electron chi connectivity index (χ1n) is 13.9. The van der Waals surface area contributed by atoms with Gasteiger partial charge in [-0.15, -0.1) is 0 Å². The second-order valence-electron chi connectivity index (χ2n) is 10.0. The Morgan fingerprint density at radius 1 is 1.09 bits per heavy atom. The molecular formula is C28H38N6O9S. The number of benzene rings is 2. The molecular weight excluding hydrogens is 596 g/mol. The molecule has 16 heteroatoms. The number of unbranched alkanes of at least 4 members (excludes halogenated alkanes) is 1. The molecule has 0 saturated carbocycles. The zero-order valence-electron chi connectivity index (χ0n) is 24.5. The van der Waals surface area contributed by atoms with E-state index in [1.54, 1.807) is 12.1 Å². The molecule has 1 aliphatic heterocycles. The predicted octanol–water partition coefficient (Wildman–Crippen LogP) is 1.52. The lowest BCUT2D eigenvalue weighted by Crippen LogP contribution is -2.53. The lowest BCUT2D eigenvalue weighted by Gasteiger charge is -2.26. The van der Waals surface area contributed by atoms with Crippen LogP contribution in [0.3, 0.4) is 0 Å². The Morgan fingerprint density at radius 3 is 2.27 bits per heavy atom. The number of rotatable bonds is 13. The fourth-order valence-corrected chi connectivity index (χ4v) is 5.30. The van der Waals surface area contributed by atoms with Gasteiger partial charge in [0.25, 0.3) is 11.7 Å². The van der Waals surface area contributed by atoms with Crippen LogP contribution in [0, 0.1) is 17.0 Å². The molecule has 0 bridgehead atoms. The van der Waals surface area contributed by atoms with Crippen LogP contribution >= 0.6 is 0 Å². The number of carbonyl (C=O) groups excluding carboxylic acids is 3. The third kappa shape index (κ3) is 11.3. The van der Waals surface area contributed by atoms with Gasteiger partial charge in [0.15, 0.2) is 0 Å². The van der Waals surface area contributed by atoms with Gasteiger partial charge in [-0.05, 0) is 69.8 Å². The highest BCUT2D eigenvalue weighted by Crippen LogP contribution is 2.20. The molecule has 6 N–H and O–H groups in total. The number of aryl methyl sites for hydroxylation is 1. The molecule has 2 atom stereocenters. The van der Waals surface area contributed by atoms with Crippen molar-refractivity contribution < 1.29 is 37.6 Å². The number of anilines is 1. The number of aliphatic carboxylic acids is 1. The van der Waals surface area contributed by atoms with Crippen LogP contribution in [0.2, 0.25) is 0 Å². The molecule has 3 rings (SSSR count). The van der Waals surface area contributed by atoms with E-state index < -0.39 is 57.3 Å². The summed E-state index contributed by atoms with van der Waals surface area (Å²) in [6.45, 7) is 3.08. The number of carboxylic acid groups (broad SMARTS) is 1. The van der Waals surface area contributed by atoms with Crippen LogP contribution in [-0.2, 0) is 29.2 Å². The van der Waals surface area contributed by atoms with Gasteiger partial charge in [0.1, 0.15) is 12.1 Å². The van der Waals surface area contributed by atoms with E-state index >= 15 is 0 Å². The Bertz CT molecular complexity index is 1410. The van der Waals surface area contributed by atoms with Crippen LogP contribution in [-0.4, -0.2) is 78.8 Å². The molecule has 1 fully saturated rings. The molecule has 15 nitrogen and oxygen atoms in total. The first kappa shape index (κ1) is 35.8. The van der Waals surface area contributed by atoms with E-state index in [9.17, 15) is 32.9 Å². The molecule has 3 amide bonds. The number of carbonyl (C=O) groups is 4. The normalized spacial score (nSPS) is 15.0. The maximum absolute atomic E-state index is 13.2. The van der Waals surface area contributed by atoms with Crippen molar-refractivity contribution >= 4 is 45.1 Å². The third-order valence-electron chi connectivity index (χ3n) is 6.55. The first-order valence-corrected chi connectivity index (χ1v) is 15.3. The zero-order chi connectivity index (χ0) is 32.9. The van der Waals surface area contributed by atoms with Gasteiger partial charge in [0.2, 0.25) is 27.7 Å². The summed E-state index contributed by atoms with van der Waals surface area (Å²) in [7, 11) is -3.92. The topological polar surface area (TPSA) is 231 Å². The molecule has 0 spiro atoms. The lowest BCUT2D eigenvalue weighted by atomic mass is 10.1. The number of nitrogens with zero attached hydrogens (tertiary/aromatic N) is 2. The summed E-state index contributed by atoms with van der Waals surface area (Å²) in [5.74, 6) is -2.42. The van der Waals surface area contributed by atoms with E-state index in [2.05, 4.69) is 15.4 Å². The molecule has 1 heterocycles. The second kappa shape index (κ2) is 17.0. The SMILES string of the molecule is CC(=O)O.Cc1ccc(S(=O)(=O)NCC(=O)N2CCC[C@@H]2C(=O)N[C@H](CCCCN)C(=O)Nc2ccc([N+](=O)[O-])cc2)cc1. The molecule has 240 valence electrons. The van der Waals surface area contributed by atoms with Crippen molar-refractivity contribution in [3.05, 3.63) is 64.2 Å². The fourth-order valence-electron chi connectivity index (χ4n) is 4.32. The van der Waals surface area contributed by atoms with E-state index in [0.29, 0.717) is 44.3 Å². The number of amides is 3. The summed E-state index contributed by atoms with van der Waals surface area (Å²) < 4.78 is 27.4. The largest absolute Gasteiger partial charge is 0.481 e. The summed E-state index contributed by atoms with van der Waals surface area (Å²) in [4.78, 5) is 59.8. The Balaban J connectivity index is 0.00000159. The molecule has 0 unspecified atom stereocenters. The quantitative estimate of drug-likeness (QED) is 0.121. The number of nitrogens with two attached hydrogens (primary N) is 1. The summed E-state index contributed by atoms with van der Waals surface area (Å²) in [5.41, 5.74) is 6.66. The van der Waals surface area contributed by atoms with Crippen LogP contribution in [0.5, 0.6) is 0 Å². The van der Waals surface area contributed by atoms with Crippen LogP contribution in [0.15, 0.2) is 53.4 Å². The number of non-ortho nitro benzene ring substituents is 1. The highest BCUT2D eigenvalue weighted by molar-refractivity contribution is 7.89. The molecule has 2 aromatic rings. The molecule has 1 saturated heterocycles. The molecule has 2 aromatic carbocycles. The number of nitro groups is 1. The van der Waals surface area contributed by atoms with Crippen molar-refractivity contribution in [2.75, 3.05) is 25.0 Å². The maximum atomic E-state index is 13.2. The van der Waals surface area contributed by atoms with Crippen molar-refractivity contribution in [3.8, 4) is 0 Å². The third-order valence-corrected chi connectivity index (χ3v) is 7.96. The van der Waals surface area contributed by atoms with Crippen LogP contribution < -0.4 is 21.1 Å². The van der Waals surface area contributed by atoms with Crippen molar-refractivity contribution in [2.45, 2.75) is 62.9 Å². The number of nitro benzene ring substituents is 1. The predicted molar refractivity (Wildman–Crippen MR) is 161 cm³/mol. The Labute approximate surface area is 255 Å². The Morgan fingerprint density at radius 2 is 1.70 bits per heavy atom. The van der Waals surface area contributed by atoms with E-state index in [0.717, 1.165) is 12.5 Å². The highest BCUT2D eigenvalue weighted by atomic mass is 32.2. The van der Waals surface area contributed by atoms with Crippen molar-refractivity contribution in [2.24, 2.45) is 5.73 Å². The number of nitrogens with one attached hydrogen (secondary N) is 3. The van der Waals surface area contributed by atoms with E-state index in [4.69, 9.17) is 15.6 Å². The molecule has 0 radical (unpaired) electrons. The minimum absolute atomic E-state index is 0.0287. The Hall–Kier alpha value is -4.41. The number of carboxylic acids is 1. The van der Waals surface area contributed by atoms with Crippen molar-refractivity contribution in [3.63, 3.8) is 0 Å². The van der Waals surface area contributed by atoms with Crippen LogP contribution in [0.25, 0.3) is 0 Å². The smallest absolute Gasteiger partial charge is 0.300 e. The number of sulfonamides is 1. The summed E-state index contributed by atoms with van der Waals surface area (Å²) in [5, 5.41) is 23.7. The number of hydrogen-bond donors (Lipinski definition) is 5. The molecule has 1 aliphatic rings. The van der Waals surface area contributed by atoms with Gasteiger partial charge in [-0.25, -0.2) is 13.1 Å². The van der Waals surface area contributed by atoms with E-state index in [-0.39, 0.29) is 17.1 Å². The highest BCUT2D eigenvalue weighted by Gasteiger charge is 2.36. The summed E-state index contributed by atoms with van der Waals surface area (Å²) in [6, 6.07) is 9.69. The Kier molecular flexibility index (Phi) is 13.8. The van der Waals surface area contributed by atoms with Gasteiger partial charge >= 0.3 is 0 Å². The maximum Gasteiger partial charge on any atom is 0.300 e. The first-order chi connectivity index (χ1) is 20.7. The fraction of sp³-hybridized carbons (Fsp3) is 0.429. The monoisotopic (exact) mass is 634 g/mol. The minimum atomic E-state index is -3.92. The van der Waals surface area contributed by atoms with Gasteiger partial charge in [-0.2, -0.15) is 0 Å².